The largest absolute Gasteiger partial charge is 0.496 e. The number of pyridine rings is 1. The molecule has 0 N–H and O–H groups in total. The van der Waals surface area contributed by atoms with Crippen molar-refractivity contribution in [2.24, 2.45) is 0 Å². The van der Waals surface area contributed by atoms with E-state index in [1.807, 2.05) is 70.2 Å². The van der Waals surface area contributed by atoms with Gasteiger partial charge < -0.3 is 18.8 Å². The normalized spacial score (nSPS) is 18.1. The molecule has 0 atom stereocenters. The van der Waals surface area contributed by atoms with Gasteiger partial charge in [0.05, 0.1) is 24.4 Å². The van der Waals surface area contributed by atoms with Gasteiger partial charge in [-0.25, -0.2) is 4.98 Å². The van der Waals surface area contributed by atoms with E-state index in [0.29, 0.717) is 25.7 Å². The van der Waals surface area contributed by atoms with Crippen molar-refractivity contribution in [3.8, 4) is 5.88 Å². The molecule has 1 aliphatic heterocycles. The molecule has 1 saturated heterocycles. The second kappa shape index (κ2) is 7.78. The van der Waals surface area contributed by atoms with Crippen LogP contribution in [0.5, 0.6) is 5.88 Å². The Morgan fingerprint density at radius 1 is 0.923 bits per heavy atom. The predicted octanol–water partition coefficient (Wildman–Crippen LogP) is 2.98. The van der Waals surface area contributed by atoms with Crippen LogP contribution in [0.4, 0.5) is 0 Å². The van der Waals surface area contributed by atoms with Gasteiger partial charge in [-0.2, -0.15) is 0 Å². The molecule has 0 unspecified atom stereocenters. The minimum absolute atomic E-state index is 0.358. The van der Waals surface area contributed by atoms with Crippen LogP contribution in [0.3, 0.4) is 0 Å². The minimum atomic E-state index is -0.407. The van der Waals surface area contributed by atoms with Crippen LogP contribution in [0.15, 0.2) is 48.7 Å². The molecule has 26 heavy (non-hydrogen) atoms. The quantitative estimate of drug-likeness (QED) is 0.565. The smallest absolute Gasteiger partial charge is 0.475 e. The van der Waals surface area contributed by atoms with Gasteiger partial charge >= 0.3 is 7.12 Å². The molecule has 0 aliphatic carbocycles. The van der Waals surface area contributed by atoms with E-state index >= 15 is 0 Å². The first kappa shape index (κ1) is 18.9. The highest BCUT2D eigenvalue weighted by Crippen LogP contribution is 2.36. The van der Waals surface area contributed by atoms with Crippen LogP contribution in [0, 0.1) is 0 Å². The van der Waals surface area contributed by atoms with Gasteiger partial charge in [-0.15, -0.1) is 0 Å². The third kappa shape index (κ3) is 4.44. The van der Waals surface area contributed by atoms with Gasteiger partial charge in [-0.1, -0.05) is 36.4 Å². The van der Waals surface area contributed by atoms with Gasteiger partial charge in [0.15, 0.2) is 0 Å². The van der Waals surface area contributed by atoms with Crippen LogP contribution in [-0.4, -0.2) is 36.5 Å². The van der Waals surface area contributed by atoms with Gasteiger partial charge in [-0.05, 0) is 39.3 Å². The highest BCUT2D eigenvalue weighted by molar-refractivity contribution is 6.62. The van der Waals surface area contributed by atoms with Crippen molar-refractivity contribution in [2.75, 3.05) is 13.2 Å². The summed E-state index contributed by atoms with van der Waals surface area (Å²) in [6.45, 7) is 9.69. The monoisotopic (exact) mass is 355 g/mol. The first-order chi connectivity index (χ1) is 12.4. The standard InChI is InChI=1S/C20H26BNO4/c1-19(2)20(3,4)26-21(25-19)17-10-11-18(22-14-17)24-13-12-23-15-16-8-6-5-7-9-16/h5-11,14H,12-13,15H2,1-4H3. The van der Waals surface area contributed by atoms with E-state index in [-0.39, 0.29) is 11.2 Å². The number of benzene rings is 1. The molecule has 0 saturated carbocycles. The van der Waals surface area contributed by atoms with Crippen molar-refractivity contribution in [1.82, 2.24) is 4.98 Å². The zero-order chi connectivity index (χ0) is 18.6. The third-order valence-corrected chi connectivity index (χ3v) is 4.87. The summed E-state index contributed by atoms with van der Waals surface area (Å²) in [5.74, 6) is 0.563. The van der Waals surface area contributed by atoms with E-state index in [0.717, 1.165) is 11.0 Å². The summed E-state index contributed by atoms with van der Waals surface area (Å²) in [7, 11) is -0.407. The molecule has 1 aromatic heterocycles. The van der Waals surface area contributed by atoms with Crippen molar-refractivity contribution in [2.45, 2.75) is 45.5 Å². The lowest BCUT2D eigenvalue weighted by Crippen LogP contribution is -2.41. The van der Waals surface area contributed by atoms with Gasteiger partial charge in [0.2, 0.25) is 5.88 Å². The Balaban J connectivity index is 1.44. The van der Waals surface area contributed by atoms with Crippen LogP contribution < -0.4 is 10.2 Å². The highest BCUT2D eigenvalue weighted by Gasteiger charge is 2.51. The first-order valence-corrected chi connectivity index (χ1v) is 8.93. The lowest BCUT2D eigenvalue weighted by atomic mass is 9.80. The second-order valence-electron chi connectivity index (χ2n) is 7.40. The van der Waals surface area contributed by atoms with Gasteiger partial charge in [-0.3, -0.25) is 0 Å². The van der Waals surface area contributed by atoms with Crippen molar-refractivity contribution in [1.29, 1.82) is 0 Å². The third-order valence-electron chi connectivity index (χ3n) is 4.87. The maximum atomic E-state index is 6.02. The Kier molecular flexibility index (Phi) is 5.65. The van der Waals surface area contributed by atoms with Crippen LogP contribution in [0.2, 0.25) is 0 Å². The Morgan fingerprint density at radius 2 is 1.62 bits per heavy atom. The molecular weight excluding hydrogens is 329 g/mol. The van der Waals surface area contributed by atoms with E-state index < -0.39 is 7.12 Å². The zero-order valence-corrected chi connectivity index (χ0v) is 15.9. The Labute approximate surface area is 155 Å². The number of hydrogen-bond donors (Lipinski definition) is 0. The van der Waals surface area contributed by atoms with Crippen molar-refractivity contribution in [3.05, 3.63) is 54.2 Å². The molecule has 2 heterocycles. The summed E-state index contributed by atoms with van der Waals surface area (Å²) < 4.78 is 23.3. The fourth-order valence-corrected chi connectivity index (χ4v) is 2.57. The molecule has 5 nitrogen and oxygen atoms in total. The second-order valence-corrected chi connectivity index (χ2v) is 7.40. The number of aromatic nitrogens is 1. The lowest BCUT2D eigenvalue weighted by Gasteiger charge is -2.32. The van der Waals surface area contributed by atoms with Crippen LogP contribution in [0.25, 0.3) is 0 Å². The number of ether oxygens (including phenoxy) is 2. The number of rotatable bonds is 7. The summed E-state index contributed by atoms with van der Waals surface area (Å²) in [6.07, 6.45) is 1.74. The molecule has 3 rings (SSSR count). The topological polar surface area (TPSA) is 49.8 Å². The summed E-state index contributed by atoms with van der Waals surface area (Å²) in [5, 5.41) is 0. The SMILES string of the molecule is CC1(C)OB(c2ccc(OCCOCc3ccccc3)nc2)OC1(C)C. The lowest BCUT2D eigenvalue weighted by molar-refractivity contribution is 0.00578. The Morgan fingerprint density at radius 3 is 2.23 bits per heavy atom. The Bertz CT molecular complexity index is 688. The van der Waals surface area contributed by atoms with Crippen LogP contribution in [-0.2, 0) is 20.7 Å². The predicted molar refractivity (Wildman–Crippen MR) is 102 cm³/mol. The van der Waals surface area contributed by atoms with E-state index in [1.54, 1.807) is 6.20 Å². The Hall–Kier alpha value is -1.89. The average Bonchev–Trinajstić information content (AvgIpc) is 2.84. The number of nitrogens with zero attached hydrogens (tertiary/aromatic N) is 1. The molecule has 0 amide bonds. The molecule has 0 bridgehead atoms. The van der Waals surface area contributed by atoms with Gasteiger partial charge in [0.1, 0.15) is 6.61 Å². The average molecular weight is 355 g/mol. The van der Waals surface area contributed by atoms with Crippen molar-refractivity contribution < 1.29 is 18.8 Å². The number of hydrogen-bond acceptors (Lipinski definition) is 5. The summed E-state index contributed by atoms with van der Waals surface area (Å²) in [5.41, 5.74) is 1.32. The molecule has 1 fully saturated rings. The first-order valence-electron chi connectivity index (χ1n) is 8.93. The fraction of sp³-hybridized carbons (Fsp3) is 0.450. The van der Waals surface area contributed by atoms with E-state index in [4.69, 9.17) is 18.8 Å². The molecule has 2 aromatic rings. The van der Waals surface area contributed by atoms with E-state index in [9.17, 15) is 0 Å². The summed E-state index contributed by atoms with van der Waals surface area (Å²) in [4.78, 5) is 4.34. The van der Waals surface area contributed by atoms with Crippen molar-refractivity contribution >= 4 is 12.6 Å². The van der Waals surface area contributed by atoms with Gasteiger partial charge in [0.25, 0.3) is 0 Å². The maximum Gasteiger partial charge on any atom is 0.496 e. The fourth-order valence-electron chi connectivity index (χ4n) is 2.57. The van der Waals surface area contributed by atoms with E-state index in [2.05, 4.69) is 4.98 Å². The molecule has 1 aromatic carbocycles. The molecule has 6 heteroatoms. The summed E-state index contributed by atoms with van der Waals surface area (Å²) in [6, 6.07) is 13.8. The van der Waals surface area contributed by atoms with Crippen molar-refractivity contribution in [3.63, 3.8) is 0 Å². The maximum absolute atomic E-state index is 6.02. The minimum Gasteiger partial charge on any atom is -0.475 e. The summed E-state index contributed by atoms with van der Waals surface area (Å²) >= 11 is 0. The molecule has 138 valence electrons. The molecular formula is C20H26BNO4. The zero-order valence-electron chi connectivity index (χ0n) is 15.9. The molecule has 1 aliphatic rings. The van der Waals surface area contributed by atoms with Crippen LogP contribution in [0.1, 0.15) is 33.3 Å². The van der Waals surface area contributed by atoms with E-state index in [1.165, 1.54) is 0 Å². The molecule has 0 radical (unpaired) electrons. The molecule has 0 spiro atoms. The van der Waals surface area contributed by atoms with Gasteiger partial charge in [0, 0.05) is 11.7 Å². The highest BCUT2D eigenvalue weighted by atomic mass is 16.7. The van der Waals surface area contributed by atoms with Crippen LogP contribution >= 0.6 is 0 Å².